The average molecular weight is 269 g/mol. The smallest absolute Gasteiger partial charge is 0.123 e. The summed E-state index contributed by atoms with van der Waals surface area (Å²) in [5.41, 5.74) is 12.0. The van der Waals surface area contributed by atoms with Crippen LogP contribution in [-0.4, -0.2) is 0 Å². The first-order chi connectivity index (χ1) is 9.63. The number of halogens is 1. The third-order valence-corrected chi connectivity index (χ3v) is 4.16. The van der Waals surface area contributed by atoms with Gasteiger partial charge < -0.3 is 5.73 Å². The molecule has 0 saturated carbocycles. The average Bonchev–Trinajstić information content (AvgIpc) is 2.45. The predicted octanol–water partition coefficient (Wildman–Crippen LogP) is 4.06. The third-order valence-electron chi connectivity index (χ3n) is 4.16. The van der Waals surface area contributed by atoms with Crippen molar-refractivity contribution < 1.29 is 4.39 Å². The Kier molecular flexibility index (Phi) is 3.58. The lowest BCUT2D eigenvalue weighted by atomic mass is 9.88. The SMILES string of the molecule is Cc1cc(F)cc(C(N)c2ccc3c(c2)CCCC3)c1. The van der Waals surface area contributed by atoms with E-state index in [4.69, 9.17) is 5.73 Å². The number of fused-ring (bicyclic) bond motifs is 1. The van der Waals surface area contributed by atoms with Crippen LogP contribution in [0.4, 0.5) is 4.39 Å². The van der Waals surface area contributed by atoms with Crippen LogP contribution in [0.5, 0.6) is 0 Å². The summed E-state index contributed by atoms with van der Waals surface area (Å²) in [6.07, 6.45) is 4.84. The molecule has 2 aromatic carbocycles. The number of hydrogen-bond donors (Lipinski definition) is 1. The molecule has 2 N–H and O–H groups in total. The minimum absolute atomic E-state index is 0.214. The van der Waals surface area contributed by atoms with Gasteiger partial charge in [0, 0.05) is 0 Å². The monoisotopic (exact) mass is 269 g/mol. The van der Waals surface area contributed by atoms with E-state index in [1.807, 2.05) is 13.0 Å². The van der Waals surface area contributed by atoms with Crippen LogP contribution in [0.15, 0.2) is 36.4 Å². The molecule has 2 aromatic rings. The fourth-order valence-electron chi connectivity index (χ4n) is 3.08. The number of aryl methyl sites for hydroxylation is 3. The molecule has 20 heavy (non-hydrogen) atoms. The summed E-state index contributed by atoms with van der Waals surface area (Å²) in [5.74, 6) is -0.214. The quantitative estimate of drug-likeness (QED) is 0.874. The molecule has 1 atom stereocenters. The van der Waals surface area contributed by atoms with Crippen LogP contribution in [-0.2, 0) is 12.8 Å². The van der Waals surface area contributed by atoms with E-state index in [0.29, 0.717) is 0 Å². The molecule has 0 amide bonds. The van der Waals surface area contributed by atoms with Crippen molar-refractivity contribution >= 4 is 0 Å². The Morgan fingerprint density at radius 2 is 1.70 bits per heavy atom. The second-order valence-corrected chi connectivity index (χ2v) is 5.77. The minimum atomic E-state index is -0.253. The van der Waals surface area contributed by atoms with Gasteiger partial charge in [0.2, 0.25) is 0 Å². The molecule has 1 nitrogen and oxygen atoms in total. The molecule has 0 aromatic heterocycles. The fraction of sp³-hybridized carbons (Fsp3) is 0.333. The van der Waals surface area contributed by atoms with Crippen molar-refractivity contribution in [2.45, 2.75) is 38.6 Å². The normalized spacial score (nSPS) is 15.8. The summed E-state index contributed by atoms with van der Waals surface area (Å²) in [4.78, 5) is 0. The van der Waals surface area contributed by atoms with Gasteiger partial charge in [-0.05, 0) is 72.6 Å². The third kappa shape index (κ3) is 2.61. The molecule has 1 aliphatic rings. The first-order valence-electron chi connectivity index (χ1n) is 7.28. The van der Waals surface area contributed by atoms with Gasteiger partial charge in [0.25, 0.3) is 0 Å². The van der Waals surface area contributed by atoms with Crippen molar-refractivity contribution in [3.05, 3.63) is 70.0 Å². The van der Waals surface area contributed by atoms with Gasteiger partial charge in [0.05, 0.1) is 6.04 Å². The Labute approximate surface area is 119 Å². The van der Waals surface area contributed by atoms with Crippen molar-refractivity contribution in [2.75, 3.05) is 0 Å². The van der Waals surface area contributed by atoms with Gasteiger partial charge in [0.1, 0.15) is 5.82 Å². The van der Waals surface area contributed by atoms with E-state index in [-0.39, 0.29) is 11.9 Å². The van der Waals surface area contributed by atoms with Gasteiger partial charge in [-0.15, -0.1) is 0 Å². The van der Waals surface area contributed by atoms with Crippen LogP contribution in [0, 0.1) is 12.7 Å². The Bertz CT molecular complexity index is 613. The van der Waals surface area contributed by atoms with Crippen LogP contribution < -0.4 is 5.73 Å². The summed E-state index contributed by atoms with van der Waals surface area (Å²) in [6.45, 7) is 1.89. The molecule has 0 radical (unpaired) electrons. The van der Waals surface area contributed by atoms with Gasteiger partial charge in [-0.25, -0.2) is 4.39 Å². The number of nitrogens with two attached hydrogens (primary N) is 1. The first-order valence-corrected chi connectivity index (χ1v) is 7.28. The molecule has 0 heterocycles. The van der Waals surface area contributed by atoms with E-state index in [9.17, 15) is 4.39 Å². The van der Waals surface area contributed by atoms with Gasteiger partial charge in [-0.1, -0.05) is 24.3 Å². The maximum absolute atomic E-state index is 13.5. The second kappa shape index (κ2) is 5.37. The highest BCUT2D eigenvalue weighted by Gasteiger charge is 2.14. The van der Waals surface area contributed by atoms with Crippen LogP contribution in [0.3, 0.4) is 0 Å². The molecule has 0 spiro atoms. The summed E-state index contributed by atoms with van der Waals surface area (Å²) in [7, 11) is 0. The van der Waals surface area contributed by atoms with Crippen molar-refractivity contribution in [3.63, 3.8) is 0 Å². The highest BCUT2D eigenvalue weighted by atomic mass is 19.1. The van der Waals surface area contributed by atoms with E-state index in [2.05, 4.69) is 18.2 Å². The van der Waals surface area contributed by atoms with Gasteiger partial charge >= 0.3 is 0 Å². The van der Waals surface area contributed by atoms with Crippen molar-refractivity contribution in [3.8, 4) is 0 Å². The zero-order valence-corrected chi connectivity index (χ0v) is 11.8. The Morgan fingerprint density at radius 1 is 0.950 bits per heavy atom. The molecule has 104 valence electrons. The van der Waals surface area contributed by atoms with Crippen LogP contribution in [0.1, 0.15) is 46.7 Å². The molecule has 1 aliphatic carbocycles. The maximum atomic E-state index is 13.5. The first kappa shape index (κ1) is 13.3. The van der Waals surface area contributed by atoms with Crippen molar-refractivity contribution in [2.24, 2.45) is 5.73 Å². The van der Waals surface area contributed by atoms with Crippen LogP contribution in [0.25, 0.3) is 0 Å². The molecule has 0 bridgehead atoms. The van der Waals surface area contributed by atoms with E-state index >= 15 is 0 Å². The number of hydrogen-bond acceptors (Lipinski definition) is 1. The molecule has 1 unspecified atom stereocenters. The zero-order valence-electron chi connectivity index (χ0n) is 11.8. The highest BCUT2D eigenvalue weighted by Crippen LogP contribution is 2.27. The van der Waals surface area contributed by atoms with Gasteiger partial charge in [-0.3, -0.25) is 0 Å². The molecule has 3 rings (SSSR count). The lowest BCUT2D eigenvalue weighted by Crippen LogP contribution is -2.14. The summed E-state index contributed by atoms with van der Waals surface area (Å²) < 4.78 is 13.5. The maximum Gasteiger partial charge on any atom is 0.123 e. The molecule has 0 fully saturated rings. The van der Waals surface area contributed by atoms with E-state index in [0.717, 1.165) is 23.1 Å². The van der Waals surface area contributed by atoms with Crippen LogP contribution in [0.2, 0.25) is 0 Å². The van der Waals surface area contributed by atoms with E-state index in [1.54, 1.807) is 0 Å². The van der Waals surface area contributed by atoms with E-state index < -0.39 is 0 Å². The fourth-order valence-corrected chi connectivity index (χ4v) is 3.08. The molecule has 2 heteroatoms. The predicted molar refractivity (Wildman–Crippen MR) is 80.3 cm³/mol. The molecule has 0 saturated heterocycles. The zero-order chi connectivity index (χ0) is 14.1. The Hall–Kier alpha value is -1.67. The van der Waals surface area contributed by atoms with Gasteiger partial charge in [-0.2, -0.15) is 0 Å². The molecular formula is C18H20FN. The second-order valence-electron chi connectivity index (χ2n) is 5.77. The van der Waals surface area contributed by atoms with E-state index in [1.165, 1.54) is 42.5 Å². The summed E-state index contributed by atoms with van der Waals surface area (Å²) in [5, 5.41) is 0. The lowest BCUT2D eigenvalue weighted by Gasteiger charge is -2.19. The lowest BCUT2D eigenvalue weighted by molar-refractivity contribution is 0.622. The van der Waals surface area contributed by atoms with Crippen LogP contribution >= 0.6 is 0 Å². The molecule has 0 aliphatic heterocycles. The highest BCUT2D eigenvalue weighted by molar-refractivity contribution is 5.39. The summed E-state index contributed by atoms with van der Waals surface area (Å²) in [6, 6.07) is 11.3. The number of benzene rings is 2. The standard InChI is InChI=1S/C18H20FN/c1-12-8-16(11-17(19)9-12)18(20)15-7-6-13-4-2-3-5-14(13)10-15/h6-11,18H,2-5,20H2,1H3. The van der Waals surface area contributed by atoms with Crippen molar-refractivity contribution in [1.29, 1.82) is 0 Å². The van der Waals surface area contributed by atoms with Gasteiger partial charge in [0.15, 0.2) is 0 Å². The largest absolute Gasteiger partial charge is 0.320 e. The Balaban J connectivity index is 1.95. The topological polar surface area (TPSA) is 26.0 Å². The summed E-state index contributed by atoms with van der Waals surface area (Å²) >= 11 is 0. The minimum Gasteiger partial charge on any atom is -0.320 e. The Morgan fingerprint density at radius 3 is 2.45 bits per heavy atom. The van der Waals surface area contributed by atoms with Crippen molar-refractivity contribution in [1.82, 2.24) is 0 Å². The molecular weight excluding hydrogens is 249 g/mol. The number of rotatable bonds is 2.